The van der Waals surface area contributed by atoms with Crippen LogP contribution in [0.5, 0.6) is 0 Å². The molecule has 2 aliphatic rings. The maximum Gasteiger partial charge on any atom is 0.206 e. The van der Waals surface area contributed by atoms with Crippen LogP contribution in [0.4, 0.5) is 5.95 Å². The molecule has 28 heavy (non-hydrogen) atoms. The van der Waals surface area contributed by atoms with Gasteiger partial charge in [-0.05, 0) is 25.0 Å². The molecule has 1 aliphatic carbocycles. The average Bonchev–Trinajstić information content (AvgIpc) is 2.83. The molecule has 0 unspecified atom stereocenters. The molecule has 1 aromatic heterocycles. The fourth-order valence-corrected chi connectivity index (χ4v) is 4.39. The van der Waals surface area contributed by atoms with Crippen LogP contribution in [-0.2, 0) is 4.74 Å². The molecule has 154 valence electrons. The largest absolute Gasteiger partial charge is 0.388 e. The SMILES string of the molecule is O[C@@H]1[C@H](O)[C@H](n2c(NC3CCCCCC3)nc3cc(Cl)c(Cl)cc32)OC[C@H]1O. The summed E-state index contributed by atoms with van der Waals surface area (Å²) in [6, 6.07) is 3.62. The van der Waals surface area contributed by atoms with Crippen LogP contribution in [0.2, 0.25) is 10.0 Å². The number of aliphatic hydroxyl groups excluding tert-OH is 3. The summed E-state index contributed by atoms with van der Waals surface area (Å²) in [6.07, 6.45) is 2.18. The highest BCUT2D eigenvalue weighted by molar-refractivity contribution is 6.42. The molecular formula is C19H25Cl2N3O4. The zero-order chi connectivity index (χ0) is 19.8. The lowest BCUT2D eigenvalue weighted by atomic mass is 10.0. The van der Waals surface area contributed by atoms with E-state index in [9.17, 15) is 15.3 Å². The van der Waals surface area contributed by atoms with Crippen molar-refractivity contribution in [2.24, 2.45) is 0 Å². The Balaban J connectivity index is 1.76. The highest BCUT2D eigenvalue weighted by Crippen LogP contribution is 2.36. The van der Waals surface area contributed by atoms with Crippen molar-refractivity contribution in [3.05, 3.63) is 22.2 Å². The number of halogens is 2. The maximum atomic E-state index is 10.6. The number of benzene rings is 1. The first kappa shape index (κ1) is 20.2. The molecule has 7 nitrogen and oxygen atoms in total. The molecule has 4 atom stereocenters. The second kappa shape index (κ2) is 8.34. The van der Waals surface area contributed by atoms with Gasteiger partial charge in [0.1, 0.15) is 18.3 Å². The van der Waals surface area contributed by atoms with Gasteiger partial charge in [-0.25, -0.2) is 4.98 Å². The molecule has 9 heteroatoms. The maximum absolute atomic E-state index is 10.6. The quantitative estimate of drug-likeness (QED) is 0.559. The van der Waals surface area contributed by atoms with Crippen LogP contribution in [0.25, 0.3) is 11.0 Å². The van der Waals surface area contributed by atoms with Crippen molar-refractivity contribution in [3.63, 3.8) is 0 Å². The zero-order valence-electron chi connectivity index (χ0n) is 15.4. The molecule has 2 aromatic rings. The molecule has 4 rings (SSSR count). The van der Waals surface area contributed by atoms with E-state index in [1.807, 2.05) is 0 Å². The number of aliphatic hydroxyl groups is 3. The number of imidazole rings is 1. The summed E-state index contributed by atoms with van der Waals surface area (Å²) in [5.74, 6) is 0.535. The summed E-state index contributed by atoms with van der Waals surface area (Å²) in [5.41, 5.74) is 1.25. The number of nitrogens with one attached hydrogen (secondary N) is 1. The molecule has 2 fully saturated rings. The lowest BCUT2D eigenvalue weighted by molar-refractivity contribution is -0.209. The number of rotatable bonds is 3. The van der Waals surface area contributed by atoms with Gasteiger partial charge in [0.15, 0.2) is 6.23 Å². The number of fused-ring (bicyclic) bond motifs is 1. The first-order valence-electron chi connectivity index (χ1n) is 9.75. The third-order valence-corrected chi connectivity index (χ3v) is 6.37. The second-order valence-corrected chi connectivity index (χ2v) is 8.48. The van der Waals surface area contributed by atoms with Gasteiger partial charge in [-0.3, -0.25) is 4.57 Å². The molecule has 1 aromatic carbocycles. The van der Waals surface area contributed by atoms with Crippen LogP contribution in [0.3, 0.4) is 0 Å². The Kier molecular flexibility index (Phi) is 6.01. The predicted molar refractivity (Wildman–Crippen MR) is 108 cm³/mol. The van der Waals surface area contributed by atoms with Crippen LogP contribution in [0.1, 0.15) is 44.8 Å². The summed E-state index contributed by atoms with van der Waals surface area (Å²) >= 11 is 12.4. The monoisotopic (exact) mass is 429 g/mol. The molecule has 0 bridgehead atoms. The summed E-state index contributed by atoms with van der Waals surface area (Å²) in [4.78, 5) is 4.67. The second-order valence-electron chi connectivity index (χ2n) is 7.67. The Morgan fingerprint density at radius 2 is 1.68 bits per heavy atom. The normalized spacial score (nSPS) is 29.8. The molecule has 1 aliphatic heterocycles. The molecule has 2 heterocycles. The van der Waals surface area contributed by atoms with E-state index in [0.29, 0.717) is 27.0 Å². The molecule has 0 amide bonds. The smallest absolute Gasteiger partial charge is 0.206 e. The van der Waals surface area contributed by atoms with E-state index in [4.69, 9.17) is 27.9 Å². The minimum absolute atomic E-state index is 0.0905. The lowest BCUT2D eigenvalue weighted by Gasteiger charge is -2.36. The standard InChI is InChI=1S/C19H25Cl2N3O4/c20-11-7-13-14(8-12(11)21)24(18-17(27)16(26)15(25)9-28-18)19(23-13)22-10-5-3-1-2-4-6-10/h7-8,10,15-18,25-27H,1-6,9H2,(H,22,23)/t15-,16+,17+,18-/m1/s1. The Hall–Kier alpha value is -1.09. The zero-order valence-corrected chi connectivity index (χ0v) is 16.9. The van der Waals surface area contributed by atoms with Crippen LogP contribution < -0.4 is 5.32 Å². The summed E-state index contributed by atoms with van der Waals surface area (Å²) in [6.45, 7) is -0.0905. The number of nitrogens with zero attached hydrogens (tertiary/aromatic N) is 2. The van der Waals surface area contributed by atoms with Gasteiger partial charge >= 0.3 is 0 Å². The van der Waals surface area contributed by atoms with E-state index < -0.39 is 24.5 Å². The van der Waals surface area contributed by atoms with E-state index in [1.165, 1.54) is 12.8 Å². The van der Waals surface area contributed by atoms with Gasteiger partial charge in [-0.2, -0.15) is 0 Å². The third kappa shape index (κ3) is 3.84. The van der Waals surface area contributed by atoms with Crippen LogP contribution >= 0.6 is 23.2 Å². The number of hydrogen-bond donors (Lipinski definition) is 4. The third-order valence-electron chi connectivity index (χ3n) is 5.65. The van der Waals surface area contributed by atoms with E-state index >= 15 is 0 Å². The summed E-state index contributed by atoms with van der Waals surface area (Å²) in [5, 5.41) is 34.8. The van der Waals surface area contributed by atoms with E-state index in [0.717, 1.165) is 25.7 Å². The van der Waals surface area contributed by atoms with Crippen molar-refractivity contribution in [2.45, 2.75) is 69.1 Å². The van der Waals surface area contributed by atoms with Gasteiger partial charge < -0.3 is 25.4 Å². The van der Waals surface area contributed by atoms with Crippen molar-refractivity contribution in [1.82, 2.24) is 9.55 Å². The van der Waals surface area contributed by atoms with Gasteiger partial charge in [-0.1, -0.05) is 48.9 Å². The van der Waals surface area contributed by atoms with E-state index in [2.05, 4.69) is 10.3 Å². The Morgan fingerprint density at radius 3 is 2.39 bits per heavy atom. The topological polar surface area (TPSA) is 99.8 Å². The van der Waals surface area contributed by atoms with Crippen LogP contribution in [0.15, 0.2) is 12.1 Å². The average molecular weight is 430 g/mol. The van der Waals surface area contributed by atoms with Crippen LogP contribution in [-0.4, -0.2) is 55.8 Å². The van der Waals surface area contributed by atoms with Crippen LogP contribution in [0, 0.1) is 0 Å². The molecular weight excluding hydrogens is 405 g/mol. The molecule has 4 N–H and O–H groups in total. The van der Waals surface area contributed by atoms with Gasteiger partial charge in [0.05, 0.1) is 27.7 Å². The first-order chi connectivity index (χ1) is 13.5. The van der Waals surface area contributed by atoms with Gasteiger partial charge in [0.25, 0.3) is 0 Å². The molecule has 0 spiro atoms. The Morgan fingerprint density at radius 1 is 1.00 bits per heavy atom. The molecule has 0 radical (unpaired) electrons. The molecule has 1 saturated carbocycles. The number of aromatic nitrogens is 2. The van der Waals surface area contributed by atoms with E-state index in [1.54, 1.807) is 16.7 Å². The van der Waals surface area contributed by atoms with Gasteiger partial charge in [-0.15, -0.1) is 0 Å². The van der Waals surface area contributed by atoms with E-state index in [-0.39, 0.29) is 12.6 Å². The summed E-state index contributed by atoms with van der Waals surface area (Å²) in [7, 11) is 0. The lowest BCUT2D eigenvalue weighted by Crippen LogP contribution is -2.50. The summed E-state index contributed by atoms with van der Waals surface area (Å²) < 4.78 is 7.41. The molecule has 1 saturated heterocycles. The predicted octanol–water partition coefficient (Wildman–Crippen LogP) is 3.09. The number of ether oxygens (including phenoxy) is 1. The minimum atomic E-state index is -1.32. The van der Waals surface area contributed by atoms with Crippen molar-refractivity contribution in [3.8, 4) is 0 Å². The van der Waals surface area contributed by atoms with Crippen molar-refractivity contribution < 1.29 is 20.1 Å². The highest BCUT2D eigenvalue weighted by atomic mass is 35.5. The van der Waals surface area contributed by atoms with Gasteiger partial charge in [0.2, 0.25) is 5.95 Å². The first-order valence-corrected chi connectivity index (χ1v) is 10.5. The van der Waals surface area contributed by atoms with Crippen molar-refractivity contribution >= 4 is 40.2 Å². The number of hydrogen-bond acceptors (Lipinski definition) is 6. The fourth-order valence-electron chi connectivity index (χ4n) is 4.07. The fraction of sp³-hybridized carbons (Fsp3) is 0.632. The highest BCUT2D eigenvalue weighted by Gasteiger charge is 2.40. The number of anilines is 1. The van der Waals surface area contributed by atoms with Crippen molar-refractivity contribution in [2.75, 3.05) is 11.9 Å². The Bertz CT molecular complexity index is 838. The van der Waals surface area contributed by atoms with Gasteiger partial charge in [0, 0.05) is 6.04 Å². The Labute approximate surface area is 173 Å². The van der Waals surface area contributed by atoms with Crippen molar-refractivity contribution in [1.29, 1.82) is 0 Å². The minimum Gasteiger partial charge on any atom is -0.388 e.